The van der Waals surface area contributed by atoms with Gasteiger partial charge in [-0.15, -0.1) is 0 Å². The van der Waals surface area contributed by atoms with Crippen molar-refractivity contribution >= 4 is 22.4 Å². The molecule has 2 aromatic carbocycles. The Labute approximate surface area is 152 Å². The van der Waals surface area contributed by atoms with Gasteiger partial charge in [-0.2, -0.15) is 0 Å². The monoisotopic (exact) mass is 352 g/mol. The third-order valence-electron chi connectivity index (χ3n) is 4.57. The van der Waals surface area contributed by atoms with E-state index in [4.69, 9.17) is 4.74 Å². The average Bonchev–Trinajstić information content (AvgIpc) is 2.67. The summed E-state index contributed by atoms with van der Waals surface area (Å²) in [7, 11) is 3.88. The van der Waals surface area contributed by atoms with Gasteiger partial charge in [0.15, 0.2) is 5.82 Å². The van der Waals surface area contributed by atoms with E-state index >= 15 is 0 Å². The lowest BCUT2D eigenvalue weighted by atomic mass is 10.1. The summed E-state index contributed by atoms with van der Waals surface area (Å²) >= 11 is 0. The molecule has 0 radical (unpaired) electrons. The van der Waals surface area contributed by atoms with Crippen molar-refractivity contribution in [2.45, 2.75) is 0 Å². The van der Waals surface area contributed by atoms with Gasteiger partial charge in [-0.05, 0) is 30.3 Å². The molecule has 4 rings (SSSR count). The van der Waals surface area contributed by atoms with Crippen LogP contribution in [-0.4, -0.2) is 50.4 Å². The smallest absolute Gasteiger partial charge is 0.165 e. The summed E-state index contributed by atoms with van der Waals surface area (Å²) in [5.74, 6) is 0.864. The van der Waals surface area contributed by atoms with Gasteiger partial charge in [0.2, 0.25) is 0 Å². The molecule has 3 aromatic rings. The molecule has 0 saturated carbocycles. The minimum Gasteiger partial charge on any atom is -0.378 e. The van der Waals surface area contributed by atoms with Gasteiger partial charge < -0.3 is 14.5 Å². The number of nitrogens with zero attached hydrogens (tertiary/aromatic N) is 4. The van der Waals surface area contributed by atoms with Crippen LogP contribution in [0.3, 0.4) is 0 Å². The number of morpholine rings is 1. The zero-order valence-electron chi connectivity index (χ0n) is 14.9. The van der Waals surface area contributed by atoms with Gasteiger partial charge in [0.25, 0.3) is 0 Å². The molecule has 0 bridgehead atoms. The first kappa shape index (κ1) is 16.7. The van der Waals surface area contributed by atoms with E-state index in [-0.39, 0.29) is 5.82 Å². The Kier molecular flexibility index (Phi) is 4.42. The van der Waals surface area contributed by atoms with Crippen LogP contribution in [0.25, 0.3) is 22.3 Å². The molecule has 0 amide bonds. The molecule has 0 atom stereocenters. The molecule has 1 aliphatic heterocycles. The van der Waals surface area contributed by atoms with Crippen molar-refractivity contribution in [2.24, 2.45) is 0 Å². The fraction of sp³-hybridized carbons (Fsp3) is 0.300. The first-order chi connectivity index (χ1) is 12.6. The molecule has 1 fully saturated rings. The van der Waals surface area contributed by atoms with E-state index in [1.807, 2.05) is 25.1 Å². The summed E-state index contributed by atoms with van der Waals surface area (Å²) in [5, 5.41) is 0.957. The van der Waals surface area contributed by atoms with E-state index in [0.29, 0.717) is 11.4 Å². The van der Waals surface area contributed by atoms with E-state index in [1.165, 1.54) is 6.07 Å². The van der Waals surface area contributed by atoms with Crippen LogP contribution < -0.4 is 9.80 Å². The van der Waals surface area contributed by atoms with Gasteiger partial charge in [-0.3, -0.25) is 0 Å². The zero-order valence-corrected chi connectivity index (χ0v) is 14.9. The van der Waals surface area contributed by atoms with Crippen molar-refractivity contribution in [3.05, 3.63) is 48.3 Å². The molecular weight excluding hydrogens is 331 g/mol. The quantitative estimate of drug-likeness (QED) is 0.723. The third kappa shape index (κ3) is 3.08. The first-order valence-corrected chi connectivity index (χ1v) is 8.70. The summed E-state index contributed by atoms with van der Waals surface area (Å²) in [6.45, 7) is 3.22. The van der Waals surface area contributed by atoms with Crippen molar-refractivity contribution in [2.75, 3.05) is 50.2 Å². The zero-order chi connectivity index (χ0) is 18.1. The Balaban J connectivity index is 1.85. The van der Waals surface area contributed by atoms with Crippen LogP contribution in [0.2, 0.25) is 0 Å². The molecule has 5 nitrogen and oxygen atoms in total. The molecule has 0 spiro atoms. The van der Waals surface area contributed by atoms with Gasteiger partial charge in [0.05, 0.1) is 24.3 Å². The standard InChI is InChI=1S/C20H21FN4O/c1-24(2)20-16-13-14(25-9-11-26-12-10-25)7-8-18(16)22-19(23-20)15-5-3-4-6-17(15)21/h3-8,13H,9-12H2,1-2H3. The molecule has 26 heavy (non-hydrogen) atoms. The number of aromatic nitrogens is 2. The molecule has 0 N–H and O–H groups in total. The Morgan fingerprint density at radius 3 is 2.54 bits per heavy atom. The minimum atomic E-state index is -0.318. The lowest BCUT2D eigenvalue weighted by molar-refractivity contribution is 0.122. The number of benzene rings is 2. The summed E-state index contributed by atoms with van der Waals surface area (Å²) in [6.07, 6.45) is 0. The van der Waals surface area contributed by atoms with E-state index in [1.54, 1.807) is 18.2 Å². The van der Waals surface area contributed by atoms with E-state index in [2.05, 4.69) is 27.0 Å². The van der Waals surface area contributed by atoms with E-state index in [9.17, 15) is 4.39 Å². The second-order valence-corrected chi connectivity index (χ2v) is 6.55. The van der Waals surface area contributed by atoms with Crippen molar-refractivity contribution in [3.8, 4) is 11.4 Å². The fourth-order valence-electron chi connectivity index (χ4n) is 3.22. The molecular formula is C20H21FN4O. The SMILES string of the molecule is CN(C)c1nc(-c2ccccc2F)nc2ccc(N3CCOCC3)cc12. The predicted octanol–water partition coefficient (Wildman–Crippen LogP) is 3.34. The molecule has 1 saturated heterocycles. The highest BCUT2D eigenvalue weighted by molar-refractivity contribution is 5.93. The molecule has 1 aliphatic rings. The van der Waals surface area contributed by atoms with Crippen LogP contribution in [0.5, 0.6) is 0 Å². The van der Waals surface area contributed by atoms with E-state index in [0.717, 1.165) is 48.7 Å². The normalized spacial score (nSPS) is 14.7. The Morgan fingerprint density at radius 2 is 1.81 bits per heavy atom. The van der Waals surface area contributed by atoms with Crippen LogP contribution in [0.15, 0.2) is 42.5 Å². The second-order valence-electron chi connectivity index (χ2n) is 6.55. The number of halogens is 1. The van der Waals surface area contributed by atoms with Crippen molar-refractivity contribution < 1.29 is 9.13 Å². The first-order valence-electron chi connectivity index (χ1n) is 8.70. The largest absolute Gasteiger partial charge is 0.378 e. The number of hydrogen-bond acceptors (Lipinski definition) is 5. The van der Waals surface area contributed by atoms with Crippen LogP contribution >= 0.6 is 0 Å². The number of anilines is 2. The fourth-order valence-corrected chi connectivity index (χ4v) is 3.22. The molecule has 0 aliphatic carbocycles. The molecule has 134 valence electrons. The molecule has 1 aromatic heterocycles. The van der Waals surface area contributed by atoms with Crippen LogP contribution in [-0.2, 0) is 4.74 Å². The number of ether oxygens (including phenoxy) is 1. The second kappa shape index (κ2) is 6.88. The Morgan fingerprint density at radius 1 is 1.04 bits per heavy atom. The summed E-state index contributed by atoms with van der Waals surface area (Å²) in [4.78, 5) is 13.5. The Bertz CT molecular complexity index is 938. The topological polar surface area (TPSA) is 41.5 Å². The highest BCUT2D eigenvalue weighted by atomic mass is 19.1. The van der Waals surface area contributed by atoms with Crippen LogP contribution in [0, 0.1) is 5.82 Å². The van der Waals surface area contributed by atoms with Crippen LogP contribution in [0.4, 0.5) is 15.9 Å². The van der Waals surface area contributed by atoms with Crippen molar-refractivity contribution in [3.63, 3.8) is 0 Å². The highest BCUT2D eigenvalue weighted by Crippen LogP contribution is 2.31. The average molecular weight is 352 g/mol. The maximum absolute atomic E-state index is 14.2. The maximum Gasteiger partial charge on any atom is 0.165 e. The summed E-state index contributed by atoms with van der Waals surface area (Å²) < 4.78 is 19.6. The molecule has 0 unspecified atom stereocenters. The maximum atomic E-state index is 14.2. The van der Waals surface area contributed by atoms with Gasteiger partial charge in [0, 0.05) is 38.3 Å². The third-order valence-corrected chi connectivity index (χ3v) is 4.57. The lowest BCUT2D eigenvalue weighted by Crippen LogP contribution is -2.36. The molecule has 2 heterocycles. The Hall–Kier alpha value is -2.73. The lowest BCUT2D eigenvalue weighted by Gasteiger charge is -2.29. The van der Waals surface area contributed by atoms with Gasteiger partial charge in [0.1, 0.15) is 11.6 Å². The van der Waals surface area contributed by atoms with E-state index < -0.39 is 0 Å². The molecule has 6 heteroatoms. The summed E-state index contributed by atoms with van der Waals surface area (Å²) in [6, 6.07) is 12.8. The predicted molar refractivity (Wildman–Crippen MR) is 102 cm³/mol. The van der Waals surface area contributed by atoms with Crippen LogP contribution in [0.1, 0.15) is 0 Å². The van der Waals surface area contributed by atoms with Crippen molar-refractivity contribution in [1.29, 1.82) is 0 Å². The van der Waals surface area contributed by atoms with Gasteiger partial charge >= 0.3 is 0 Å². The number of hydrogen-bond donors (Lipinski definition) is 0. The summed E-state index contributed by atoms with van der Waals surface area (Å²) in [5.41, 5.74) is 2.35. The van der Waals surface area contributed by atoms with Gasteiger partial charge in [-0.1, -0.05) is 12.1 Å². The highest BCUT2D eigenvalue weighted by Gasteiger charge is 2.16. The van der Waals surface area contributed by atoms with Crippen molar-refractivity contribution in [1.82, 2.24) is 9.97 Å². The minimum absolute atomic E-state index is 0.318. The number of rotatable bonds is 3. The van der Waals surface area contributed by atoms with Gasteiger partial charge in [-0.25, -0.2) is 14.4 Å². The number of fused-ring (bicyclic) bond motifs is 1.